The molecule has 0 aliphatic rings. The van der Waals surface area contributed by atoms with Crippen molar-refractivity contribution >= 4 is 23.4 Å². The summed E-state index contributed by atoms with van der Waals surface area (Å²) in [4.78, 5) is 26.7. The summed E-state index contributed by atoms with van der Waals surface area (Å²) in [7, 11) is 1.48. The number of nitrogen functional groups attached to an aromatic ring is 1. The van der Waals surface area contributed by atoms with Gasteiger partial charge in [0.05, 0.1) is 7.11 Å². The van der Waals surface area contributed by atoms with Crippen LogP contribution in [0.2, 0.25) is 0 Å². The monoisotopic (exact) mass is 644 g/mol. The molecule has 5 aromatic carbocycles. The normalized spacial score (nSPS) is 11.8. The Bertz CT molecular complexity index is 1870. The van der Waals surface area contributed by atoms with Crippen LogP contribution in [0.5, 0.6) is 23.0 Å². The number of anilines is 1. The van der Waals surface area contributed by atoms with Crippen LogP contribution >= 0.6 is 0 Å². The largest absolute Gasteiger partial charge is 0.493 e. The van der Waals surface area contributed by atoms with Gasteiger partial charge in [0.1, 0.15) is 23.9 Å². The highest BCUT2D eigenvalue weighted by Gasteiger charge is 2.45. The summed E-state index contributed by atoms with van der Waals surface area (Å²) in [6.45, 7) is 1.61. The lowest BCUT2D eigenvalue weighted by Crippen LogP contribution is -2.52. The third-order valence-corrected chi connectivity index (χ3v) is 7.27. The highest BCUT2D eigenvalue weighted by atomic mass is 16.6. The topological polar surface area (TPSA) is 145 Å². The number of methoxy groups -OCH3 is 1. The predicted molar refractivity (Wildman–Crippen MR) is 183 cm³/mol. The number of esters is 1. The number of nitrogens with one attached hydrogen (secondary N) is 3. The van der Waals surface area contributed by atoms with Crippen molar-refractivity contribution in [2.45, 2.75) is 25.8 Å². The van der Waals surface area contributed by atoms with Gasteiger partial charge in [0.2, 0.25) is 0 Å². The minimum atomic E-state index is -2.02. The van der Waals surface area contributed by atoms with E-state index in [0.717, 1.165) is 16.9 Å². The van der Waals surface area contributed by atoms with Gasteiger partial charge in [-0.2, -0.15) is 0 Å². The highest BCUT2D eigenvalue weighted by Crippen LogP contribution is 2.36. The van der Waals surface area contributed by atoms with Crippen molar-refractivity contribution in [2.24, 2.45) is 5.73 Å². The third kappa shape index (κ3) is 8.29. The summed E-state index contributed by atoms with van der Waals surface area (Å²) in [5, 5.41) is 13.7. The average molecular weight is 645 g/mol. The van der Waals surface area contributed by atoms with Crippen LogP contribution < -0.4 is 30.6 Å². The Hall–Kier alpha value is -6.29. The van der Waals surface area contributed by atoms with Crippen LogP contribution in [-0.2, 0) is 33.2 Å². The first kappa shape index (κ1) is 33.1. The Balaban J connectivity index is 1.45. The van der Waals surface area contributed by atoms with Crippen LogP contribution in [0.15, 0.2) is 127 Å². The van der Waals surface area contributed by atoms with Crippen LogP contribution in [0.1, 0.15) is 29.2 Å². The van der Waals surface area contributed by atoms with E-state index in [1.165, 1.54) is 14.0 Å². The van der Waals surface area contributed by atoms with Crippen LogP contribution in [-0.4, -0.2) is 24.8 Å². The number of rotatable bonds is 14. The summed E-state index contributed by atoms with van der Waals surface area (Å²) in [5.74, 6) is 0.676. The molecule has 1 amide bonds. The fourth-order valence-electron chi connectivity index (χ4n) is 4.94. The van der Waals surface area contributed by atoms with Crippen LogP contribution in [0.3, 0.4) is 0 Å². The molecule has 1 atom stereocenters. The molecule has 0 saturated heterocycles. The standard InChI is InChI=1S/C38H36N4O6/c1-26(43)48-38(37(44)41-24-27-10-5-3-6-11-27,42-31-19-16-29(17-20-31)36(39)40)30-18-21-34(35(23-30)45-2)46-25-28-12-9-15-33(22-28)47-32-13-7-4-8-14-32/h3-23,42H,24-25H2,1-2H3,(H3,39,40)(H,41,44). The van der Waals surface area contributed by atoms with E-state index in [2.05, 4.69) is 10.6 Å². The lowest BCUT2D eigenvalue weighted by atomic mass is 9.99. The van der Waals surface area contributed by atoms with Gasteiger partial charge in [0, 0.05) is 30.3 Å². The average Bonchev–Trinajstić information content (AvgIpc) is 3.10. The maximum Gasteiger partial charge on any atom is 0.305 e. The number of para-hydroxylation sites is 1. The van der Waals surface area contributed by atoms with Crippen LogP contribution in [0.4, 0.5) is 5.69 Å². The minimum Gasteiger partial charge on any atom is -0.493 e. The summed E-state index contributed by atoms with van der Waals surface area (Å²) < 4.78 is 23.6. The van der Waals surface area contributed by atoms with Gasteiger partial charge in [0.15, 0.2) is 11.5 Å². The van der Waals surface area contributed by atoms with Crippen LogP contribution in [0.25, 0.3) is 0 Å². The Labute approximate surface area is 278 Å². The van der Waals surface area contributed by atoms with E-state index in [4.69, 9.17) is 30.1 Å². The second kappa shape index (κ2) is 15.3. The fourth-order valence-corrected chi connectivity index (χ4v) is 4.94. The molecule has 1 unspecified atom stereocenters. The zero-order valence-electron chi connectivity index (χ0n) is 26.6. The molecule has 0 heterocycles. The maximum atomic E-state index is 14.1. The molecule has 244 valence electrons. The summed E-state index contributed by atoms with van der Waals surface area (Å²) in [6.07, 6.45) is 0. The van der Waals surface area contributed by atoms with Gasteiger partial charge in [-0.25, -0.2) is 0 Å². The number of benzene rings is 5. The number of ether oxygens (including phenoxy) is 4. The van der Waals surface area contributed by atoms with Crippen molar-refractivity contribution in [3.8, 4) is 23.0 Å². The van der Waals surface area contributed by atoms with Crippen LogP contribution in [0, 0.1) is 5.41 Å². The van der Waals surface area contributed by atoms with Gasteiger partial charge < -0.3 is 35.3 Å². The van der Waals surface area contributed by atoms with Gasteiger partial charge in [0.25, 0.3) is 11.6 Å². The van der Waals surface area contributed by atoms with E-state index < -0.39 is 17.6 Å². The van der Waals surface area contributed by atoms with Crippen molar-refractivity contribution < 1.29 is 28.5 Å². The number of hydrogen-bond donors (Lipinski definition) is 4. The zero-order valence-corrected chi connectivity index (χ0v) is 26.6. The Morgan fingerprint density at radius 3 is 2.10 bits per heavy atom. The molecule has 5 rings (SSSR count). The molecule has 0 fully saturated rings. The van der Waals surface area contributed by atoms with Gasteiger partial charge in [-0.15, -0.1) is 0 Å². The van der Waals surface area contributed by atoms with Crippen molar-refractivity contribution in [1.29, 1.82) is 5.41 Å². The Kier molecular flexibility index (Phi) is 10.6. The van der Waals surface area contributed by atoms with E-state index in [9.17, 15) is 9.59 Å². The van der Waals surface area contributed by atoms with Crippen molar-refractivity contribution in [2.75, 3.05) is 12.4 Å². The molecular formula is C38H36N4O6. The molecule has 0 aliphatic carbocycles. The maximum absolute atomic E-state index is 14.1. The number of hydrogen-bond acceptors (Lipinski definition) is 8. The van der Waals surface area contributed by atoms with Gasteiger partial charge in [-0.05, 0) is 77.9 Å². The minimum absolute atomic E-state index is 0.107. The first-order valence-electron chi connectivity index (χ1n) is 15.1. The second-order valence-electron chi connectivity index (χ2n) is 10.8. The first-order chi connectivity index (χ1) is 23.3. The molecule has 48 heavy (non-hydrogen) atoms. The van der Waals surface area contributed by atoms with E-state index in [1.54, 1.807) is 42.5 Å². The molecule has 10 heteroatoms. The van der Waals surface area contributed by atoms with Crippen molar-refractivity contribution in [3.05, 3.63) is 150 Å². The fraction of sp³-hybridized carbons (Fsp3) is 0.132. The van der Waals surface area contributed by atoms with Gasteiger partial charge in [-0.1, -0.05) is 60.7 Å². The number of amides is 1. The molecule has 10 nitrogen and oxygen atoms in total. The van der Waals surface area contributed by atoms with Gasteiger partial charge >= 0.3 is 5.97 Å². The lowest BCUT2D eigenvalue weighted by molar-refractivity contribution is -0.165. The summed E-state index contributed by atoms with van der Waals surface area (Å²) in [5.41, 5.74) is 6.54. The number of nitrogens with two attached hydrogens (primary N) is 1. The number of amidine groups is 1. The van der Waals surface area contributed by atoms with E-state index >= 15 is 0 Å². The highest BCUT2D eigenvalue weighted by molar-refractivity contribution is 5.95. The van der Waals surface area contributed by atoms with E-state index in [-0.39, 0.29) is 24.6 Å². The van der Waals surface area contributed by atoms with E-state index in [0.29, 0.717) is 28.5 Å². The molecule has 0 spiro atoms. The smallest absolute Gasteiger partial charge is 0.305 e. The zero-order chi connectivity index (χ0) is 33.9. The third-order valence-electron chi connectivity index (χ3n) is 7.27. The first-order valence-corrected chi connectivity index (χ1v) is 15.1. The molecule has 0 bridgehead atoms. The summed E-state index contributed by atoms with van der Waals surface area (Å²) in [6, 6.07) is 37.8. The second-order valence-corrected chi connectivity index (χ2v) is 10.8. The lowest BCUT2D eigenvalue weighted by Gasteiger charge is -2.34. The molecule has 0 radical (unpaired) electrons. The predicted octanol–water partition coefficient (Wildman–Crippen LogP) is 6.49. The Morgan fingerprint density at radius 2 is 1.44 bits per heavy atom. The molecular weight excluding hydrogens is 608 g/mol. The molecule has 5 aromatic rings. The SMILES string of the molecule is COc1cc(C(Nc2ccc(C(=N)N)cc2)(OC(C)=O)C(=O)NCc2ccccc2)ccc1OCc1cccc(Oc2ccccc2)c1. The van der Waals surface area contributed by atoms with Crippen molar-refractivity contribution in [1.82, 2.24) is 5.32 Å². The molecule has 5 N–H and O–H groups in total. The Morgan fingerprint density at radius 1 is 0.771 bits per heavy atom. The molecule has 0 saturated carbocycles. The van der Waals surface area contributed by atoms with Gasteiger partial charge in [-0.3, -0.25) is 15.0 Å². The number of carbonyl (C=O) groups is 2. The van der Waals surface area contributed by atoms with Crippen molar-refractivity contribution in [3.63, 3.8) is 0 Å². The molecule has 0 aliphatic heterocycles. The molecule has 0 aromatic heterocycles. The van der Waals surface area contributed by atoms with E-state index in [1.807, 2.05) is 84.9 Å². The quantitative estimate of drug-likeness (QED) is 0.0464. The number of carbonyl (C=O) groups excluding carboxylic acids is 2. The summed E-state index contributed by atoms with van der Waals surface area (Å²) >= 11 is 0.